The van der Waals surface area contributed by atoms with Crippen LogP contribution in [0.15, 0.2) is 48.5 Å². The van der Waals surface area contributed by atoms with Gasteiger partial charge in [0.25, 0.3) is 5.91 Å². The number of hydrogen-bond acceptors (Lipinski definition) is 4. The molecule has 0 bridgehead atoms. The van der Waals surface area contributed by atoms with E-state index < -0.39 is 28.3 Å². The summed E-state index contributed by atoms with van der Waals surface area (Å²) in [5, 5.41) is 0. The van der Waals surface area contributed by atoms with Crippen molar-refractivity contribution in [1.82, 2.24) is 9.21 Å². The molecule has 0 radical (unpaired) electrons. The van der Waals surface area contributed by atoms with Gasteiger partial charge in [0.1, 0.15) is 5.82 Å². The molecule has 1 fully saturated rings. The zero-order valence-electron chi connectivity index (χ0n) is 15.1. The van der Waals surface area contributed by atoms with Gasteiger partial charge in [0.2, 0.25) is 10.0 Å². The van der Waals surface area contributed by atoms with Gasteiger partial charge in [-0.15, -0.1) is 0 Å². The molecule has 0 saturated carbocycles. The van der Waals surface area contributed by atoms with Gasteiger partial charge in [-0.25, -0.2) is 17.2 Å². The summed E-state index contributed by atoms with van der Waals surface area (Å²) in [6.45, 7) is 0.418. The zero-order valence-corrected chi connectivity index (χ0v) is 15.9. The van der Waals surface area contributed by atoms with Gasteiger partial charge in [0.05, 0.1) is 5.75 Å². The second-order valence-corrected chi connectivity index (χ2v) is 8.35. The molecule has 0 aromatic heterocycles. The number of carbonyl (C=O) groups excluding carboxylic acids is 1. The average molecular weight is 410 g/mol. The molecule has 150 valence electrons. The lowest BCUT2D eigenvalue weighted by molar-refractivity contribution is -0.134. The first kappa shape index (κ1) is 20.2. The Kier molecular flexibility index (Phi) is 6.25. The van der Waals surface area contributed by atoms with E-state index in [1.54, 1.807) is 24.3 Å². The number of piperazine rings is 1. The van der Waals surface area contributed by atoms with Gasteiger partial charge in [0, 0.05) is 32.2 Å². The molecular weight excluding hydrogens is 390 g/mol. The number of halogens is 2. The highest BCUT2D eigenvalue weighted by Gasteiger charge is 2.29. The fourth-order valence-corrected chi connectivity index (χ4v) is 4.43. The van der Waals surface area contributed by atoms with Crippen molar-refractivity contribution in [3.05, 3.63) is 65.7 Å². The zero-order chi connectivity index (χ0) is 20.1. The van der Waals surface area contributed by atoms with E-state index in [0.29, 0.717) is 11.6 Å². The molecule has 0 unspecified atom stereocenters. The number of carbonyl (C=O) groups is 1. The van der Waals surface area contributed by atoms with Crippen LogP contribution in [-0.4, -0.2) is 56.3 Å². The lowest BCUT2D eigenvalue weighted by Gasteiger charge is -2.34. The van der Waals surface area contributed by atoms with Crippen molar-refractivity contribution < 1.29 is 26.7 Å². The first-order valence-corrected chi connectivity index (χ1v) is 10.3. The summed E-state index contributed by atoms with van der Waals surface area (Å²) in [7, 11) is -3.47. The second-order valence-electron chi connectivity index (χ2n) is 6.39. The summed E-state index contributed by atoms with van der Waals surface area (Å²) >= 11 is 0. The molecule has 0 spiro atoms. The molecule has 2 aromatic rings. The molecule has 28 heavy (non-hydrogen) atoms. The first-order chi connectivity index (χ1) is 13.3. The number of rotatable bonds is 6. The van der Waals surface area contributed by atoms with Crippen molar-refractivity contribution in [1.29, 1.82) is 0 Å². The van der Waals surface area contributed by atoms with Gasteiger partial charge in [-0.3, -0.25) is 4.79 Å². The third-order valence-corrected chi connectivity index (χ3v) is 6.27. The second kappa shape index (κ2) is 8.66. The minimum absolute atomic E-state index is 0.0886. The summed E-state index contributed by atoms with van der Waals surface area (Å²) in [5.41, 5.74) is 0.704. The Morgan fingerprint density at radius 3 is 2.32 bits per heavy atom. The van der Waals surface area contributed by atoms with Crippen LogP contribution in [0.25, 0.3) is 0 Å². The van der Waals surface area contributed by atoms with E-state index in [0.717, 1.165) is 12.1 Å². The maximum absolute atomic E-state index is 13.5. The molecule has 1 saturated heterocycles. The Morgan fingerprint density at radius 1 is 1.00 bits per heavy atom. The first-order valence-electron chi connectivity index (χ1n) is 8.72. The Hall–Kier alpha value is -2.52. The molecule has 0 atom stereocenters. The number of benzene rings is 2. The summed E-state index contributed by atoms with van der Waals surface area (Å²) in [4.78, 5) is 13.7. The van der Waals surface area contributed by atoms with Crippen LogP contribution in [0, 0.1) is 11.6 Å². The van der Waals surface area contributed by atoms with Crippen molar-refractivity contribution in [3.8, 4) is 5.75 Å². The Bertz CT molecular complexity index is 930. The topological polar surface area (TPSA) is 66.9 Å². The normalized spacial score (nSPS) is 15.4. The van der Waals surface area contributed by atoms with Crippen molar-refractivity contribution >= 4 is 15.9 Å². The van der Waals surface area contributed by atoms with Crippen molar-refractivity contribution in [2.24, 2.45) is 0 Å². The van der Waals surface area contributed by atoms with Gasteiger partial charge in [-0.05, 0) is 17.7 Å². The number of sulfonamides is 1. The van der Waals surface area contributed by atoms with Crippen LogP contribution in [0.1, 0.15) is 5.56 Å². The molecule has 1 amide bonds. The summed E-state index contributed by atoms with van der Waals surface area (Å²) in [6.07, 6.45) is 0. The minimum atomic E-state index is -3.47. The van der Waals surface area contributed by atoms with Gasteiger partial charge in [0.15, 0.2) is 18.2 Å². The molecule has 9 heteroatoms. The van der Waals surface area contributed by atoms with Crippen molar-refractivity contribution in [3.63, 3.8) is 0 Å². The highest BCUT2D eigenvalue weighted by Crippen LogP contribution is 2.18. The van der Waals surface area contributed by atoms with Crippen LogP contribution in [0.5, 0.6) is 5.75 Å². The molecule has 1 heterocycles. The lowest BCUT2D eigenvalue weighted by atomic mass is 10.2. The van der Waals surface area contributed by atoms with E-state index in [9.17, 15) is 22.0 Å². The van der Waals surface area contributed by atoms with E-state index in [4.69, 9.17) is 4.74 Å². The number of hydrogen-bond donors (Lipinski definition) is 0. The van der Waals surface area contributed by atoms with Crippen LogP contribution >= 0.6 is 0 Å². The van der Waals surface area contributed by atoms with Crippen molar-refractivity contribution in [2.75, 3.05) is 32.8 Å². The Morgan fingerprint density at radius 2 is 1.68 bits per heavy atom. The smallest absolute Gasteiger partial charge is 0.260 e. The fraction of sp³-hybridized carbons (Fsp3) is 0.316. The molecular formula is C19H20F2N2O4S. The summed E-state index contributed by atoms with van der Waals surface area (Å²) in [6, 6.07) is 11.7. The molecule has 1 aliphatic rings. The van der Waals surface area contributed by atoms with E-state index in [1.807, 2.05) is 6.07 Å². The molecule has 1 aliphatic heterocycles. The predicted octanol–water partition coefficient (Wildman–Crippen LogP) is 2.02. The summed E-state index contributed by atoms with van der Waals surface area (Å²) < 4.78 is 58.0. The van der Waals surface area contributed by atoms with E-state index in [2.05, 4.69) is 0 Å². The molecule has 0 aliphatic carbocycles. The van der Waals surface area contributed by atoms with E-state index in [1.165, 1.54) is 9.21 Å². The molecule has 6 nitrogen and oxygen atoms in total. The van der Waals surface area contributed by atoms with Gasteiger partial charge >= 0.3 is 0 Å². The van der Waals surface area contributed by atoms with Crippen LogP contribution < -0.4 is 4.74 Å². The van der Waals surface area contributed by atoms with Gasteiger partial charge in [-0.2, -0.15) is 4.31 Å². The minimum Gasteiger partial charge on any atom is -0.481 e. The largest absolute Gasteiger partial charge is 0.481 e. The third-order valence-electron chi connectivity index (χ3n) is 4.42. The van der Waals surface area contributed by atoms with Crippen LogP contribution in [0.3, 0.4) is 0 Å². The highest BCUT2D eigenvalue weighted by atomic mass is 32.2. The number of nitrogens with zero attached hydrogens (tertiary/aromatic N) is 2. The molecule has 3 rings (SSSR count). The van der Waals surface area contributed by atoms with Crippen LogP contribution in [0.4, 0.5) is 8.78 Å². The van der Waals surface area contributed by atoms with Crippen LogP contribution in [0.2, 0.25) is 0 Å². The van der Waals surface area contributed by atoms with Crippen molar-refractivity contribution in [2.45, 2.75) is 5.75 Å². The maximum Gasteiger partial charge on any atom is 0.260 e. The fourth-order valence-electron chi connectivity index (χ4n) is 2.91. The molecule has 0 N–H and O–H groups in total. The van der Waals surface area contributed by atoms with E-state index in [-0.39, 0.29) is 43.6 Å². The standard InChI is InChI=1S/C19H20F2N2O4S/c20-16-6-7-18(17(21)12-16)27-13-19(24)22-8-10-23(11-9-22)28(25,26)14-15-4-2-1-3-5-15/h1-7,12H,8-11,13-14H2. The average Bonchev–Trinajstić information content (AvgIpc) is 2.67. The van der Waals surface area contributed by atoms with Gasteiger partial charge in [-0.1, -0.05) is 30.3 Å². The Balaban J connectivity index is 1.51. The Labute approximate surface area is 162 Å². The number of amides is 1. The maximum atomic E-state index is 13.5. The number of ether oxygens (including phenoxy) is 1. The summed E-state index contributed by atoms with van der Waals surface area (Å²) in [5.74, 6) is -2.30. The highest BCUT2D eigenvalue weighted by molar-refractivity contribution is 7.88. The molecule has 2 aromatic carbocycles. The van der Waals surface area contributed by atoms with E-state index >= 15 is 0 Å². The van der Waals surface area contributed by atoms with Gasteiger partial charge < -0.3 is 9.64 Å². The quantitative estimate of drug-likeness (QED) is 0.731. The SMILES string of the molecule is O=C(COc1ccc(F)cc1F)N1CCN(S(=O)(=O)Cc2ccccc2)CC1. The monoisotopic (exact) mass is 410 g/mol. The third kappa shape index (κ3) is 5.05. The predicted molar refractivity (Wildman–Crippen MR) is 99.1 cm³/mol. The van der Waals surface area contributed by atoms with Crippen LogP contribution in [-0.2, 0) is 20.6 Å². The lowest BCUT2D eigenvalue weighted by Crippen LogP contribution is -2.51.